The highest BCUT2D eigenvalue weighted by Gasteiger charge is 2.29. The Morgan fingerprint density at radius 1 is 1.50 bits per heavy atom. The van der Waals surface area contributed by atoms with Gasteiger partial charge in [0.2, 0.25) is 5.91 Å². The van der Waals surface area contributed by atoms with Crippen molar-refractivity contribution in [2.75, 3.05) is 6.54 Å². The van der Waals surface area contributed by atoms with Crippen molar-refractivity contribution in [1.29, 1.82) is 0 Å². The maximum Gasteiger partial charge on any atom is 0.223 e. The first-order valence-electron chi connectivity index (χ1n) is 7.29. The van der Waals surface area contributed by atoms with E-state index in [-0.39, 0.29) is 23.9 Å². The first-order chi connectivity index (χ1) is 9.58. The molecule has 0 radical (unpaired) electrons. The molecule has 0 saturated carbocycles. The van der Waals surface area contributed by atoms with Crippen molar-refractivity contribution in [3.8, 4) is 0 Å². The van der Waals surface area contributed by atoms with Gasteiger partial charge in [-0.3, -0.25) is 4.79 Å². The number of aliphatic hydroxyl groups excluding tert-OH is 1. The molecular weight excluding hydrogens is 257 g/mol. The number of nitrogens with zero attached hydrogens (tertiary/aromatic N) is 1. The van der Waals surface area contributed by atoms with Crippen LogP contribution in [0, 0.1) is 5.82 Å². The Balaban J connectivity index is 1.90. The van der Waals surface area contributed by atoms with Crippen molar-refractivity contribution in [2.24, 2.45) is 0 Å². The number of carbonyl (C=O) groups excluding carboxylic acids is 1. The van der Waals surface area contributed by atoms with Gasteiger partial charge in [-0.05, 0) is 44.2 Å². The zero-order valence-corrected chi connectivity index (χ0v) is 11.9. The molecule has 0 aliphatic carbocycles. The van der Waals surface area contributed by atoms with E-state index in [0.717, 1.165) is 19.4 Å². The molecule has 1 aromatic rings. The predicted octanol–water partition coefficient (Wildman–Crippen LogP) is 2.52. The van der Waals surface area contributed by atoms with Crippen LogP contribution in [0.2, 0.25) is 0 Å². The van der Waals surface area contributed by atoms with Gasteiger partial charge in [0.05, 0.1) is 6.10 Å². The summed E-state index contributed by atoms with van der Waals surface area (Å²) in [7, 11) is 0. The van der Waals surface area contributed by atoms with Crippen LogP contribution in [-0.4, -0.2) is 34.6 Å². The second-order valence-corrected chi connectivity index (χ2v) is 5.56. The van der Waals surface area contributed by atoms with Crippen LogP contribution in [0.3, 0.4) is 0 Å². The number of hydrogen-bond donors (Lipinski definition) is 1. The molecule has 2 unspecified atom stereocenters. The SMILES string of the molecule is CC(O)CC1CCCN1C(=O)CCc1ccccc1F. The fourth-order valence-corrected chi connectivity index (χ4v) is 2.89. The maximum absolute atomic E-state index is 13.5. The number of benzene rings is 1. The Bertz CT molecular complexity index is 462. The minimum atomic E-state index is -0.389. The second kappa shape index (κ2) is 6.84. The molecule has 1 aliphatic heterocycles. The number of carbonyl (C=O) groups is 1. The van der Waals surface area contributed by atoms with Crippen molar-refractivity contribution in [3.63, 3.8) is 0 Å². The normalized spacial score (nSPS) is 20.1. The third-order valence-corrected chi connectivity index (χ3v) is 3.88. The van der Waals surface area contributed by atoms with Crippen molar-refractivity contribution < 1.29 is 14.3 Å². The Labute approximate surface area is 119 Å². The lowest BCUT2D eigenvalue weighted by molar-refractivity contribution is -0.132. The molecule has 1 N–H and O–H groups in total. The third-order valence-electron chi connectivity index (χ3n) is 3.88. The zero-order chi connectivity index (χ0) is 14.5. The fourth-order valence-electron chi connectivity index (χ4n) is 2.89. The predicted molar refractivity (Wildman–Crippen MR) is 75.8 cm³/mol. The molecule has 2 atom stereocenters. The number of halogens is 1. The Morgan fingerprint density at radius 2 is 2.25 bits per heavy atom. The van der Waals surface area contributed by atoms with Gasteiger partial charge in [0.25, 0.3) is 0 Å². The van der Waals surface area contributed by atoms with E-state index in [2.05, 4.69) is 0 Å². The molecule has 4 heteroatoms. The topological polar surface area (TPSA) is 40.5 Å². The summed E-state index contributed by atoms with van der Waals surface area (Å²) in [4.78, 5) is 14.1. The number of amides is 1. The minimum Gasteiger partial charge on any atom is -0.393 e. The number of likely N-dealkylation sites (tertiary alicyclic amines) is 1. The van der Waals surface area contributed by atoms with Gasteiger partial charge >= 0.3 is 0 Å². The molecule has 1 fully saturated rings. The summed E-state index contributed by atoms with van der Waals surface area (Å²) in [5.74, 6) is -0.182. The summed E-state index contributed by atoms with van der Waals surface area (Å²) in [5, 5.41) is 9.47. The quantitative estimate of drug-likeness (QED) is 0.899. The summed E-state index contributed by atoms with van der Waals surface area (Å²) in [6, 6.07) is 6.73. The highest BCUT2D eigenvalue weighted by atomic mass is 19.1. The largest absolute Gasteiger partial charge is 0.393 e. The number of aryl methyl sites for hydroxylation is 1. The molecule has 0 spiro atoms. The van der Waals surface area contributed by atoms with E-state index in [1.807, 2.05) is 4.90 Å². The van der Waals surface area contributed by atoms with Crippen molar-refractivity contribution in [1.82, 2.24) is 4.90 Å². The van der Waals surface area contributed by atoms with Crippen LogP contribution in [0.1, 0.15) is 38.2 Å². The van der Waals surface area contributed by atoms with E-state index < -0.39 is 0 Å². The highest BCUT2D eigenvalue weighted by molar-refractivity contribution is 5.77. The molecular formula is C16H22FNO2. The van der Waals surface area contributed by atoms with Gasteiger partial charge in [-0.25, -0.2) is 4.39 Å². The molecule has 1 heterocycles. The Hall–Kier alpha value is -1.42. The molecule has 1 saturated heterocycles. The molecule has 3 nitrogen and oxygen atoms in total. The van der Waals surface area contributed by atoms with Crippen molar-refractivity contribution in [3.05, 3.63) is 35.6 Å². The fraction of sp³-hybridized carbons (Fsp3) is 0.562. The van der Waals surface area contributed by atoms with Crippen LogP contribution in [0.25, 0.3) is 0 Å². The smallest absolute Gasteiger partial charge is 0.223 e. The lowest BCUT2D eigenvalue weighted by Crippen LogP contribution is -2.37. The molecule has 2 rings (SSSR count). The first-order valence-corrected chi connectivity index (χ1v) is 7.29. The van der Waals surface area contributed by atoms with Gasteiger partial charge in [-0.15, -0.1) is 0 Å². The van der Waals surface area contributed by atoms with Crippen LogP contribution >= 0.6 is 0 Å². The van der Waals surface area contributed by atoms with Gasteiger partial charge < -0.3 is 10.0 Å². The third kappa shape index (κ3) is 3.79. The summed E-state index contributed by atoms with van der Waals surface area (Å²) >= 11 is 0. The maximum atomic E-state index is 13.5. The van der Waals surface area contributed by atoms with Crippen LogP contribution in [0.15, 0.2) is 24.3 Å². The molecule has 1 aromatic carbocycles. The van der Waals surface area contributed by atoms with Gasteiger partial charge in [0, 0.05) is 19.0 Å². The summed E-state index contributed by atoms with van der Waals surface area (Å²) < 4.78 is 13.5. The van der Waals surface area contributed by atoms with Gasteiger partial charge in [0.1, 0.15) is 5.82 Å². The lowest BCUT2D eigenvalue weighted by Gasteiger charge is -2.25. The van der Waals surface area contributed by atoms with Gasteiger partial charge in [-0.1, -0.05) is 18.2 Å². The molecule has 0 aromatic heterocycles. The standard InChI is InChI=1S/C16H22FNO2/c1-12(19)11-14-6-4-10-18(14)16(20)9-8-13-5-2-3-7-15(13)17/h2-3,5,7,12,14,19H,4,6,8-11H2,1H3. The average Bonchev–Trinajstić information content (AvgIpc) is 2.85. The highest BCUT2D eigenvalue weighted by Crippen LogP contribution is 2.23. The van der Waals surface area contributed by atoms with E-state index in [1.54, 1.807) is 25.1 Å². The summed E-state index contributed by atoms with van der Waals surface area (Å²) in [5.41, 5.74) is 0.590. The molecule has 1 amide bonds. The second-order valence-electron chi connectivity index (χ2n) is 5.56. The van der Waals surface area contributed by atoms with E-state index in [4.69, 9.17) is 0 Å². The lowest BCUT2D eigenvalue weighted by atomic mass is 10.1. The van der Waals surface area contributed by atoms with E-state index in [0.29, 0.717) is 24.8 Å². The number of hydrogen-bond acceptors (Lipinski definition) is 2. The molecule has 0 bridgehead atoms. The molecule has 1 aliphatic rings. The number of aliphatic hydroxyl groups is 1. The van der Waals surface area contributed by atoms with Crippen molar-refractivity contribution >= 4 is 5.91 Å². The van der Waals surface area contributed by atoms with Crippen LogP contribution < -0.4 is 0 Å². The van der Waals surface area contributed by atoms with Gasteiger partial charge in [-0.2, -0.15) is 0 Å². The minimum absolute atomic E-state index is 0.0661. The number of rotatable bonds is 5. The van der Waals surface area contributed by atoms with E-state index in [9.17, 15) is 14.3 Å². The Morgan fingerprint density at radius 3 is 2.95 bits per heavy atom. The summed E-state index contributed by atoms with van der Waals surface area (Å²) in [6.45, 7) is 2.51. The Kier molecular flexibility index (Phi) is 5.12. The van der Waals surface area contributed by atoms with E-state index >= 15 is 0 Å². The van der Waals surface area contributed by atoms with Gasteiger partial charge in [0.15, 0.2) is 0 Å². The average molecular weight is 279 g/mol. The molecule has 20 heavy (non-hydrogen) atoms. The molecule has 110 valence electrons. The summed E-state index contributed by atoms with van der Waals surface area (Å²) in [6.07, 6.45) is 2.95. The monoisotopic (exact) mass is 279 g/mol. The first kappa shape index (κ1) is 15.0. The van der Waals surface area contributed by atoms with E-state index in [1.165, 1.54) is 6.07 Å². The van der Waals surface area contributed by atoms with Crippen LogP contribution in [-0.2, 0) is 11.2 Å². The van der Waals surface area contributed by atoms with Crippen molar-refractivity contribution in [2.45, 2.75) is 51.2 Å². The zero-order valence-electron chi connectivity index (χ0n) is 11.9. The van der Waals surface area contributed by atoms with Crippen LogP contribution in [0.5, 0.6) is 0 Å². The van der Waals surface area contributed by atoms with Crippen LogP contribution in [0.4, 0.5) is 4.39 Å².